The van der Waals surface area contributed by atoms with E-state index >= 15 is 0 Å². The smallest absolute Gasteiger partial charge is 0.423 e. The molecule has 23 heavy (non-hydrogen) atoms. The molecule has 2 rings (SSSR count). The number of hydrogen-bond donors (Lipinski definition) is 2. The number of ether oxygens (including phenoxy) is 1. The predicted octanol–water partition coefficient (Wildman–Crippen LogP) is 1.45. The van der Waals surface area contributed by atoms with Gasteiger partial charge in [-0.05, 0) is 60.8 Å². The van der Waals surface area contributed by atoms with Crippen LogP contribution in [-0.2, 0) is 9.39 Å². The first kappa shape index (κ1) is 18.5. The molecule has 1 aromatic rings. The zero-order valence-electron chi connectivity index (χ0n) is 15.1. The minimum atomic E-state index is -1.14. The van der Waals surface area contributed by atoms with Crippen molar-refractivity contribution in [2.24, 2.45) is 0 Å². The highest BCUT2D eigenvalue weighted by Crippen LogP contribution is 2.27. The second-order valence-corrected chi connectivity index (χ2v) is 7.39. The number of aliphatic hydroxyl groups is 1. The largest absolute Gasteiger partial charge is 0.495 e. The number of hydrogen-bond acceptors (Lipinski definition) is 5. The van der Waals surface area contributed by atoms with E-state index < -0.39 is 18.3 Å². The van der Waals surface area contributed by atoms with E-state index in [1.54, 1.807) is 27.7 Å². The Labute approximate surface area is 138 Å². The third-order valence-electron chi connectivity index (χ3n) is 4.94. The summed E-state index contributed by atoms with van der Waals surface area (Å²) in [6, 6.07) is 0. The van der Waals surface area contributed by atoms with Gasteiger partial charge in [-0.15, -0.1) is 0 Å². The Morgan fingerprint density at radius 1 is 1.26 bits per heavy atom. The topological polar surface area (TPSA) is 76.7 Å². The third kappa shape index (κ3) is 3.79. The maximum Gasteiger partial charge on any atom is 0.495 e. The Balaban J connectivity index is 2.24. The van der Waals surface area contributed by atoms with E-state index in [4.69, 9.17) is 9.39 Å². The van der Waals surface area contributed by atoms with Gasteiger partial charge in [0.05, 0.1) is 16.9 Å². The first-order chi connectivity index (χ1) is 10.5. The molecule has 1 aromatic heterocycles. The van der Waals surface area contributed by atoms with Gasteiger partial charge in [-0.1, -0.05) is 0 Å². The van der Waals surface area contributed by atoms with Crippen LogP contribution in [0.4, 0.5) is 0 Å². The zero-order chi connectivity index (χ0) is 17.4. The van der Waals surface area contributed by atoms with Crippen LogP contribution in [0.2, 0.25) is 0 Å². The fraction of sp³-hybridized carbons (Fsp3) is 0.812. The molecule has 0 amide bonds. The standard InChI is InChI=1S/C16H29BN2O4/c1-11-14(17(21)23-16(5,6)15(3,4)20)12(2)19(18-11)13-9-7-8-10-22-13/h13,20-21H,7-10H2,1-6H3. The van der Waals surface area contributed by atoms with E-state index in [1.165, 1.54) is 0 Å². The van der Waals surface area contributed by atoms with Gasteiger partial charge >= 0.3 is 7.12 Å². The average Bonchev–Trinajstić information content (AvgIpc) is 2.73. The molecule has 1 aliphatic rings. The summed E-state index contributed by atoms with van der Waals surface area (Å²) < 4.78 is 13.4. The first-order valence-corrected chi connectivity index (χ1v) is 8.30. The van der Waals surface area contributed by atoms with E-state index in [1.807, 2.05) is 18.5 Å². The van der Waals surface area contributed by atoms with Crippen LogP contribution in [0.1, 0.15) is 64.6 Å². The van der Waals surface area contributed by atoms with Gasteiger partial charge < -0.3 is 19.5 Å². The molecule has 2 heterocycles. The van der Waals surface area contributed by atoms with Gasteiger partial charge in [0.1, 0.15) is 6.23 Å². The molecule has 1 unspecified atom stereocenters. The van der Waals surface area contributed by atoms with Crippen LogP contribution in [0.5, 0.6) is 0 Å². The second-order valence-electron chi connectivity index (χ2n) is 7.39. The lowest BCUT2D eigenvalue weighted by Gasteiger charge is -2.38. The van der Waals surface area contributed by atoms with E-state index in [9.17, 15) is 10.1 Å². The molecule has 7 heteroatoms. The van der Waals surface area contributed by atoms with Crippen molar-refractivity contribution < 1.29 is 19.5 Å². The van der Waals surface area contributed by atoms with Crippen molar-refractivity contribution >= 4 is 12.6 Å². The Hall–Kier alpha value is -0.885. The van der Waals surface area contributed by atoms with Crippen molar-refractivity contribution in [3.05, 3.63) is 11.4 Å². The summed E-state index contributed by atoms with van der Waals surface area (Å²) in [4.78, 5) is 0. The van der Waals surface area contributed by atoms with Crippen molar-refractivity contribution in [1.29, 1.82) is 0 Å². The third-order valence-corrected chi connectivity index (χ3v) is 4.94. The molecule has 1 fully saturated rings. The summed E-state index contributed by atoms with van der Waals surface area (Å²) in [5.41, 5.74) is 0.216. The highest BCUT2D eigenvalue weighted by atomic mass is 16.5. The van der Waals surface area contributed by atoms with Crippen molar-refractivity contribution in [2.75, 3.05) is 6.61 Å². The van der Waals surface area contributed by atoms with Crippen LogP contribution in [-0.4, -0.2) is 44.8 Å². The Morgan fingerprint density at radius 2 is 1.91 bits per heavy atom. The number of rotatable bonds is 5. The minimum absolute atomic E-state index is 0.0781. The van der Waals surface area contributed by atoms with Crippen molar-refractivity contribution in [2.45, 2.75) is 78.2 Å². The fourth-order valence-corrected chi connectivity index (χ4v) is 2.71. The van der Waals surface area contributed by atoms with Crippen LogP contribution in [0.3, 0.4) is 0 Å². The van der Waals surface area contributed by atoms with E-state index in [-0.39, 0.29) is 6.23 Å². The number of nitrogens with zero attached hydrogens (tertiary/aromatic N) is 2. The number of aryl methyl sites for hydroxylation is 1. The molecule has 2 N–H and O–H groups in total. The van der Waals surface area contributed by atoms with Gasteiger partial charge in [-0.25, -0.2) is 4.68 Å². The molecule has 0 radical (unpaired) electrons. The van der Waals surface area contributed by atoms with E-state index in [0.29, 0.717) is 5.46 Å². The molecule has 0 spiro atoms. The Morgan fingerprint density at radius 3 is 2.43 bits per heavy atom. The molecule has 130 valence electrons. The van der Waals surface area contributed by atoms with E-state index in [0.717, 1.165) is 37.3 Å². The molecule has 0 saturated carbocycles. The van der Waals surface area contributed by atoms with Gasteiger partial charge in [-0.3, -0.25) is 0 Å². The van der Waals surface area contributed by atoms with Crippen LogP contribution in [0, 0.1) is 13.8 Å². The number of aromatic nitrogens is 2. The van der Waals surface area contributed by atoms with Gasteiger partial charge in [0, 0.05) is 17.8 Å². The Bertz CT molecular complexity index is 545. The van der Waals surface area contributed by atoms with Gasteiger partial charge in [0.2, 0.25) is 0 Å². The quantitative estimate of drug-likeness (QED) is 0.802. The van der Waals surface area contributed by atoms with Crippen LogP contribution in [0.25, 0.3) is 0 Å². The molecule has 1 atom stereocenters. The molecule has 0 aliphatic carbocycles. The summed E-state index contributed by atoms with van der Waals surface area (Å²) in [6.07, 6.45) is 3.04. The van der Waals surface area contributed by atoms with Gasteiger partial charge in [0.15, 0.2) is 0 Å². The SMILES string of the molecule is Cc1nn(C2CCCCO2)c(C)c1B(O)OC(C)(C)C(C)(C)O. The van der Waals surface area contributed by atoms with Crippen LogP contribution < -0.4 is 5.46 Å². The summed E-state index contributed by atoms with van der Waals surface area (Å²) in [5, 5.41) is 25.3. The summed E-state index contributed by atoms with van der Waals surface area (Å²) >= 11 is 0. The van der Waals surface area contributed by atoms with Crippen molar-refractivity contribution in [1.82, 2.24) is 9.78 Å². The predicted molar refractivity (Wildman–Crippen MR) is 89.6 cm³/mol. The highest BCUT2D eigenvalue weighted by molar-refractivity contribution is 6.61. The van der Waals surface area contributed by atoms with Gasteiger partial charge in [0.25, 0.3) is 0 Å². The summed E-state index contributed by atoms with van der Waals surface area (Å²) in [5.74, 6) is 0. The maximum absolute atomic E-state index is 10.6. The second kappa shape index (κ2) is 6.55. The lowest BCUT2D eigenvalue weighted by atomic mass is 9.75. The van der Waals surface area contributed by atoms with Crippen LogP contribution >= 0.6 is 0 Å². The molecule has 0 aromatic carbocycles. The molecule has 6 nitrogen and oxygen atoms in total. The zero-order valence-corrected chi connectivity index (χ0v) is 15.1. The Kier molecular flexibility index (Phi) is 5.26. The fourth-order valence-electron chi connectivity index (χ4n) is 2.71. The average molecular weight is 324 g/mol. The molecule has 1 saturated heterocycles. The normalized spacial score (nSPS) is 19.9. The molecule has 1 aliphatic heterocycles. The summed E-state index contributed by atoms with van der Waals surface area (Å²) in [7, 11) is -1.14. The van der Waals surface area contributed by atoms with Gasteiger partial charge in [-0.2, -0.15) is 5.10 Å². The van der Waals surface area contributed by atoms with Crippen molar-refractivity contribution in [3.63, 3.8) is 0 Å². The lowest BCUT2D eigenvalue weighted by Crippen LogP contribution is -2.53. The molecular formula is C16H29BN2O4. The first-order valence-electron chi connectivity index (χ1n) is 8.30. The molecular weight excluding hydrogens is 295 g/mol. The minimum Gasteiger partial charge on any atom is -0.423 e. The maximum atomic E-state index is 10.6. The van der Waals surface area contributed by atoms with Crippen molar-refractivity contribution in [3.8, 4) is 0 Å². The van der Waals surface area contributed by atoms with Crippen LogP contribution in [0.15, 0.2) is 0 Å². The molecule has 0 bridgehead atoms. The summed E-state index contributed by atoms with van der Waals surface area (Å²) in [6.45, 7) is 11.4. The highest BCUT2D eigenvalue weighted by Gasteiger charge is 2.41. The van der Waals surface area contributed by atoms with E-state index in [2.05, 4.69) is 5.10 Å². The monoisotopic (exact) mass is 324 g/mol. The lowest BCUT2D eigenvalue weighted by molar-refractivity contribution is -0.0983.